The van der Waals surface area contributed by atoms with E-state index in [4.69, 9.17) is 5.26 Å². The molecular formula is C14H15F3N2O3S. The number of benzene rings is 1. The van der Waals surface area contributed by atoms with Crippen LogP contribution in [0.1, 0.15) is 24.5 Å². The number of alkyl halides is 3. The fourth-order valence-corrected chi connectivity index (χ4v) is 3.70. The molecule has 5 nitrogen and oxygen atoms in total. The van der Waals surface area contributed by atoms with Crippen LogP contribution in [0.4, 0.5) is 13.2 Å². The maximum Gasteiger partial charge on any atom is 0.416 e. The van der Waals surface area contributed by atoms with Gasteiger partial charge in [0.1, 0.15) is 17.2 Å². The summed E-state index contributed by atoms with van der Waals surface area (Å²) >= 11 is -1.90. The standard InChI is InChI=1S/C14H15F3N2O3S/c1-9(20)13(21)4-5-19(8-13)23(22)12-3-2-11(14(15,16)17)6-10(12)7-18/h2-3,6,9,20-21H,4-5,8H2,1H3. The van der Waals surface area contributed by atoms with Gasteiger partial charge in [-0.1, -0.05) is 0 Å². The van der Waals surface area contributed by atoms with E-state index in [0.717, 1.165) is 12.1 Å². The number of aliphatic hydroxyl groups excluding tert-OH is 1. The molecule has 1 aromatic carbocycles. The van der Waals surface area contributed by atoms with Gasteiger partial charge in [-0.25, -0.2) is 0 Å². The molecule has 0 spiro atoms. The third-order valence-corrected chi connectivity index (χ3v) is 5.38. The molecule has 9 heteroatoms. The van der Waals surface area contributed by atoms with Gasteiger partial charge in [0, 0.05) is 6.54 Å². The second kappa shape index (κ2) is 6.30. The smallest absolute Gasteiger partial charge is 0.416 e. The highest BCUT2D eigenvalue weighted by Gasteiger charge is 2.45. The molecule has 2 N–H and O–H groups in total. The molecule has 0 bridgehead atoms. The second-order valence-electron chi connectivity index (χ2n) is 5.46. The van der Waals surface area contributed by atoms with Crippen LogP contribution < -0.4 is 0 Å². The molecule has 0 aliphatic carbocycles. The van der Waals surface area contributed by atoms with Gasteiger partial charge in [0.05, 0.1) is 29.6 Å². The SMILES string of the molecule is CC(O)C1(O)CCN([S+]([O-])c2ccc(C(F)(F)F)cc2C#N)C1. The molecule has 126 valence electrons. The zero-order chi connectivity index (χ0) is 17.4. The Hall–Kier alpha value is -1.31. The van der Waals surface area contributed by atoms with Crippen molar-refractivity contribution < 1.29 is 27.9 Å². The Bertz CT molecular complexity index is 633. The zero-order valence-electron chi connectivity index (χ0n) is 12.2. The molecule has 2 rings (SSSR count). The summed E-state index contributed by atoms with van der Waals surface area (Å²) in [5.41, 5.74) is -2.74. The number of nitrogens with zero attached hydrogens (tertiary/aromatic N) is 2. The lowest BCUT2D eigenvalue weighted by atomic mass is 9.97. The molecule has 1 aliphatic heterocycles. The van der Waals surface area contributed by atoms with E-state index in [1.54, 1.807) is 6.07 Å². The fourth-order valence-electron chi connectivity index (χ4n) is 2.35. The predicted molar refractivity (Wildman–Crippen MR) is 75.4 cm³/mol. The Balaban J connectivity index is 2.27. The predicted octanol–water partition coefficient (Wildman–Crippen LogP) is 1.42. The summed E-state index contributed by atoms with van der Waals surface area (Å²) < 4.78 is 51.9. The lowest BCUT2D eigenvalue weighted by Gasteiger charge is -2.26. The van der Waals surface area contributed by atoms with Crippen molar-refractivity contribution in [1.29, 1.82) is 5.26 Å². The first kappa shape index (κ1) is 18.0. The van der Waals surface area contributed by atoms with Crippen LogP contribution >= 0.6 is 0 Å². The van der Waals surface area contributed by atoms with Gasteiger partial charge < -0.3 is 14.8 Å². The summed E-state index contributed by atoms with van der Waals surface area (Å²) in [5.74, 6) is 0. The van der Waals surface area contributed by atoms with Crippen LogP contribution in [-0.2, 0) is 17.5 Å². The van der Waals surface area contributed by atoms with E-state index in [-0.39, 0.29) is 30.0 Å². The highest BCUT2D eigenvalue weighted by Crippen LogP contribution is 2.34. The Morgan fingerprint density at radius 2 is 2.13 bits per heavy atom. The largest absolute Gasteiger partial charge is 0.593 e. The molecule has 1 fully saturated rings. The first-order valence-corrected chi connectivity index (χ1v) is 7.88. The molecule has 0 aromatic heterocycles. The highest BCUT2D eigenvalue weighted by molar-refractivity contribution is 7.89. The maximum atomic E-state index is 12.7. The number of hydrogen-bond acceptors (Lipinski definition) is 5. The number of hydrogen-bond donors (Lipinski definition) is 2. The molecule has 1 saturated heterocycles. The van der Waals surface area contributed by atoms with Crippen LogP contribution in [0.25, 0.3) is 0 Å². The van der Waals surface area contributed by atoms with Gasteiger partial charge in [-0.15, -0.1) is 4.31 Å². The molecule has 3 unspecified atom stereocenters. The van der Waals surface area contributed by atoms with Crippen molar-refractivity contribution in [2.24, 2.45) is 0 Å². The van der Waals surface area contributed by atoms with E-state index in [1.807, 2.05) is 0 Å². The third kappa shape index (κ3) is 3.62. The number of β-amino-alcohol motifs (C(OH)–C–C–N with tert-alkyl or cyclic N) is 1. The van der Waals surface area contributed by atoms with Gasteiger partial charge in [0.25, 0.3) is 0 Å². The van der Waals surface area contributed by atoms with Crippen molar-refractivity contribution in [3.05, 3.63) is 29.3 Å². The zero-order valence-corrected chi connectivity index (χ0v) is 13.0. The minimum Gasteiger partial charge on any atom is -0.593 e. The summed E-state index contributed by atoms with van der Waals surface area (Å²) in [5, 5.41) is 28.8. The molecule has 1 aromatic rings. The normalized spacial score (nSPS) is 25.1. The van der Waals surface area contributed by atoms with Crippen LogP contribution in [0.3, 0.4) is 0 Å². The van der Waals surface area contributed by atoms with Crippen molar-refractivity contribution in [3.63, 3.8) is 0 Å². The van der Waals surface area contributed by atoms with Crippen molar-refractivity contribution in [1.82, 2.24) is 4.31 Å². The average molecular weight is 348 g/mol. The quantitative estimate of drug-likeness (QED) is 0.806. The Labute approximate surface area is 134 Å². The summed E-state index contributed by atoms with van der Waals surface area (Å²) in [6.45, 7) is 1.51. The summed E-state index contributed by atoms with van der Waals surface area (Å²) in [4.78, 5) is -0.0460. The summed E-state index contributed by atoms with van der Waals surface area (Å²) in [7, 11) is 0. The van der Waals surface area contributed by atoms with E-state index in [2.05, 4.69) is 0 Å². The van der Waals surface area contributed by atoms with Crippen molar-refractivity contribution in [2.75, 3.05) is 13.1 Å². The first-order valence-electron chi connectivity index (χ1n) is 6.77. The summed E-state index contributed by atoms with van der Waals surface area (Å²) in [6, 6.07) is 4.06. The molecule has 1 aliphatic rings. The minimum absolute atomic E-state index is 0.0460. The first-order chi connectivity index (χ1) is 10.6. The van der Waals surface area contributed by atoms with Gasteiger partial charge in [0.2, 0.25) is 0 Å². The van der Waals surface area contributed by atoms with Gasteiger partial charge in [-0.05, 0) is 31.5 Å². The second-order valence-corrected chi connectivity index (χ2v) is 6.92. The number of halogens is 3. The molecule has 1 heterocycles. The van der Waals surface area contributed by atoms with E-state index < -0.39 is 34.8 Å². The van der Waals surface area contributed by atoms with Crippen LogP contribution in [-0.4, -0.2) is 43.9 Å². The fraction of sp³-hybridized carbons (Fsp3) is 0.500. The Kier molecular flexibility index (Phi) is 4.94. The average Bonchev–Trinajstić information content (AvgIpc) is 2.89. The molecule has 0 amide bonds. The molecule has 0 radical (unpaired) electrons. The van der Waals surface area contributed by atoms with E-state index in [9.17, 15) is 27.9 Å². The van der Waals surface area contributed by atoms with E-state index in [0.29, 0.717) is 6.07 Å². The monoisotopic (exact) mass is 348 g/mol. The molecule has 0 saturated carbocycles. The van der Waals surface area contributed by atoms with E-state index in [1.165, 1.54) is 11.2 Å². The molecule has 23 heavy (non-hydrogen) atoms. The molecule has 3 atom stereocenters. The maximum absolute atomic E-state index is 12.7. The van der Waals surface area contributed by atoms with E-state index >= 15 is 0 Å². The molecular weight excluding hydrogens is 333 g/mol. The van der Waals surface area contributed by atoms with Gasteiger partial charge in [-0.2, -0.15) is 18.4 Å². The van der Waals surface area contributed by atoms with Crippen molar-refractivity contribution in [3.8, 4) is 6.07 Å². The Morgan fingerprint density at radius 3 is 2.61 bits per heavy atom. The number of nitriles is 1. The van der Waals surface area contributed by atoms with Crippen molar-refractivity contribution >= 4 is 11.4 Å². The third-order valence-electron chi connectivity index (χ3n) is 3.87. The Morgan fingerprint density at radius 1 is 1.48 bits per heavy atom. The van der Waals surface area contributed by atoms with Crippen LogP contribution in [0.2, 0.25) is 0 Å². The lowest BCUT2D eigenvalue weighted by molar-refractivity contribution is -0.137. The van der Waals surface area contributed by atoms with Crippen molar-refractivity contribution in [2.45, 2.75) is 36.1 Å². The van der Waals surface area contributed by atoms with Gasteiger partial charge in [-0.3, -0.25) is 0 Å². The summed E-state index contributed by atoms with van der Waals surface area (Å²) in [6.07, 6.45) is -5.45. The van der Waals surface area contributed by atoms with Gasteiger partial charge >= 0.3 is 6.18 Å². The van der Waals surface area contributed by atoms with Gasteiger partial charge in [0.15, 0.2) is 4.90 Å². The number of aliphatic hydroxyl groups is 2. The van der Waals surface area contributed by atoms with Crippen LogP contribution in [0.15, 0.2) is 23.1 Å². The highest BCUT2D eigenvalue weighted by atomic mass is 32.2. The van der Waals surface area contributed by atoms with Crippen LogP contribution in [0, 0.1) is 11.3 Å². The topological polar surface area (TPSA) is 90.6 Å². The van der Waals surface area contributed by atoms with Crippen LogP contribution in [0.5, 0.6) is 0 Å². The minimum atomic E-state index is -4.59. The lowest BCUT2D eigenvalue weighted by Crippen LogP contribution is -2.44. The number of rotatable bonds is 3.